The number of rotatable bonds is 5. The van der Waals surface area contributed by atoms with Gasteiger partial charge < -0.3 is 10.6 Å². The Kier molecular flexibility index (Phi) is 5.48. The molecule has 0 fully saturated rings. The summed E-state index contributed by atoms with van der Waals surface area (Å²) >= 11 is 11.7. The maximum Gasteiger partial charge on any atom is 0.239 e. The predicted molar refractivity (Wildman–Crippen MR) is 88.0 cm³/mol. The summed E-state index contributed by atoms with van der Waals surface area (Å²) in [5, 5.41) is 7.27. The third kappa shape index (κ3) is 4.96. The van der Waals surface area contributed by atoms with Crippen molar-refractivity contribution in [2.75, 3.05) is 11.9 Å². The van der Waals surface area contributed by atoms with E-state index in [1.807, 2.05) is 43.3 Å². The zero-order chi connectivity index (χ0) is 15.2. The first kappa shape index (κ1) is 15.7. The van der Waals surface area contributed by atoms with Crippen LogP contribution in [0, 0.1) is 0 Å². The van der Waals surface area contributed by atoms with Crippen molar-refractivity contribution in [2.45, 2.75) is 13.0 Å². The van der Waals surface area contributed by atoms with Crippen molar-refractivity contribution in [2.24, 2.45) is 0 Å². The molecule has 21 heavy (non-hydrogen) atoms. The lowest BCUT2D eigenvalue weighted by molar-refractivity contribution is -0.120. The van der Waals surface area contributed by atoms with Gasteiger partial charge in [0.25, 0.3) is 0 Å². The van der Waals surface area contributed by atoms with E-state index < -0.39 is 0 Å². The summed E-state index contributed by atoms with van der Waals surface area (Å²) < 4.78 is 0. The smallest absolute Gasteiger partial charge is 0.239 e. The molecule has 1 atom stereocenters. The number of hydrogen-bond donors (Lipinski definition) is 2. The maximum atomic E-state index is 11.9. The number of benzene rings is 2. The molecule has 0 spiro atoms. The lowest BCUT2D eigenvalue weighted by Gasteiger charge is -2.15. The average molecular weight is 323 g/mol. The Bertz CT molecular complexity index is 614. The molecule has 2 rings (SSSR count). The van der Waals surface area contributed by atoms with Crippen LogP contribution in [0.2, 0.25) is 10.0 Å². The van der Waals surface area contributed by atoms with Crippen LogP contribution in [0.3, 0.4) is 0 Å². The molecule has 0 aromatic heterocycles. The van der Waals surface area contributed by atoms with Crippen LogP contribution in [0.25, 0.3) is 0 Å². The molecule has 0 bridgehead atoms. The molecule has 0 saturated carbocycles. The minimum absolute atomic E-state index is 0.0732. The highest BCUT2D eigenvalue weighted by atomic mass is 35.5. The molecule has 3 nitrogen and oxygen atoms in total. The molecule has 0 saturated heterocycles. The molecule has 0 radical (unpaired) electrons. The number of carbonyl (C=O) groups is 1. The maximum absolute atomic E-state index is 11.9. The van der Waals surface area contributed by atoms with Crippen LogP contribution >= 0.6 is 23.2 Å². The van der Waals surface area contributed by atoms with E-state index in [1.54, 1.807) is 12.1 Å². The van der Waals surface area contributed by atoms with Crippen LogP contribution in [0.5, 0.6) is 0 Å². The monoisotopic (exact) mass is 322 g/mol. The topological polar surface area (TPSA) is 41.1 Å². The van der Waals surface area contributed by atoms with E-state index in [9.17, 15) is 4.79 Å². The molecule has 0 aliphatic rings. The standard InChI is InChI=1S/C16H16Cl2N2O/c1-11(12-5-7-13(17)8-6-12)20-16(21)10-19-15-4-2-3-14(18)9-15/h2-9,11,19H,10H2,1H3,(H,20,21). The Hall–Kier alpha value is -1.71. The van der Waals surface area contributed by atoms with Gasteiger partial charge in [-0.3, -0.25) is 4.79 Å². The van der Waals surface area contributed by atoms with Gasteiger partial charge in [0.1, 0.15) is 0 Å². The number of hydrogen-bond acceptors (Lipinski definition) is 2. The molecule has 0 aliphatic carbocycles. The van der Waals surface area contributed by atoms with Crippen molar-refractivity contribution in [3.05, 3.63) is 64.1 Å². The normalized spacial score (nSPS) is 11.8. The van der Waals surface area contributed by atoms with Gasteiger partial charge in [0, 0.05) is 15.7 Å². The van der Waals surface area contributed by atoms with Crippen molar-refractivity contribution in [1.29, 1.82) is 0 Å². The van der Waals surface area contributed by atoms with Gasteiger partial charge in [0.2, 0.25) is 5.91 Å². The molecular formula is C16H16Cl2N2O. The minimum Gasteiger partial charge on any atom is -0.376 e. The minimum atomic E-state index is -0.0857. The first-order chi connectivity index (χ1) is 10.0. The molecule has 2 aromatic rings. The van der Waals surface area contributed by atoms with E-state index in [2.05, 4.69) is 10.6 Å². The molecule has 1 amide bonds. The first-order valence-electron chi connectivity index (χ1n) is 6.59. The Morgan fingerprint density at radius 1 is 1.10 bits per heavy atom. The van der Waals surface area contributed by atoms with Gasteiger partial charge in [-0.05, 0) is 42.8 Å². The average Bonchev–Trinajstić information content (AvgIpc) is 2.46. The van der Waals surface area contributed by atoms with Gasteiger partial charge in [0.05, 0.1) is 12.6 Å². The van der Waals surface area contributed by atoms with Crippen LogP contribution in [0.1, 0.15) is 18.5 Å². The second-order valence-electron chi connectivity index (χ2n) is 4.70. The molecule has 5 heteroatoms. The zero-order valence-corrected chi connectivity index (χ0v) is 13.1. The molecule has 110 valence electrons. The Labute approximate surface area is 134 Å². The van der Waals surface area contributed by atoms with Gasteiger partial charge in [0.15, 0.2) is 0 Å². The quantitative estimate of drug-likeness (QED) is 0.862. The second-order valence-corrected chi connectivity index (χ2v) is 5.58. The SMILES string of the molecule is CC(NC(=O)CNc1cccc(Cl)c1)c1ccc(Cl)cc1. The van der Waals surface area contributed by atoms with Gasteiger partial charge in [-0.2, -0.15) is 0 Å². The lowest BCUT2D eigenvalue weighted by Crippen LogP contribution is -2.32. The number of halogens is 2. The van der Waals surface area contributed by atoms with E-state index >= 15 is 0 Å². The van der Waals surface area contributed by atoms with E-state index in [0.717, 1.165) is 11.3 Å². The molecule has 1 unspecified atom stereocenters. The van der Waals surface area contributed by atoms with Gasteiger partial charge >= 0.3 is 0 Å². The van der Waals surface area contributed by atoms with Crippen molar-refractivity contribution < 1.29 is 4.79 Å². The predicted octanol–water partition coefficient (Wildman–Crippen LogP) is 4.28. The first-order valence-corrected chi connectivity index (χ1v) is 7.34. The number of amides is 1. The van der Waals surface area contributed by atoms with Gasteiger partial charge in [-0.1, -0.05) is 41.4 Å². The van der Waals surface area contributed by atoms with E-state index in [-0.39, 0.29) is 18.5 Å². The Morgan fingerprint density at radius 2 is 1.81 bits per heavy atom. The third-order valence-electron chi connectivity index (χ3n) is 3.03. The number of carbonyl (C=O) groups excluding carboxylic acids is 1. The van der Waals surface area contributed by atoms with Crippen LogP contribution < -0.4 is 10.6 Å². The molecule has 0 heterocycles. The van der Waals surface area contributed by atoms with Crippen molar-refractivity contribution in [3.63, 3.8) is 0 Å². The molecule has 2 N–H and O–H groups in total. The fraction of sp³-hybridized carbons (Fsp3) is 0.188. The molecule has 0 aliphatic heterocycles. The van der Waals surface area contributed by atoms with Crippen LogP contribution in [-0.2, 0) is 4.79 Å². The van der Waals surface area contributed by atoms with E-state index in [0.29, 0.717) is 10.0 Å². The van der Waals surface area contributed by atoms with Crippen LogP contribution in [-0.4, -0.2) is 12.5 Å². The number of anilines is 1. The van der Waals surface area contributed by atoms with Gasteiger partial charge in [-0.15, -0.1) is 0 Å². The van der Waals surface area contributed by atoms with E-state index in [4.69, 9.17) is 23.2 Å². The van der Waals surface area contributed by atoms with Crippen LogP contribution in [0.15, 0.2) is 48.5 Å². The summed E-state index contributed by atoms with van der Waals surface area (Å²) in [5.41, 5.74) is 1.83. The highest BCUT2D eigenvalue weighted by molar-refractivity contribution is 6.31. The summed E-state index contributed by atoms with van der Waals surface area (Å²) in [6, 6.07) is 14.6. The lowest BCUT2D eigenvalue weighted by atomic mass is 10.1. The van der Waals surface area contributed by atoms with Crippen molar-refractivity contribution >= 4 is 34.8 Å². The third-order valence-corrected chi connectivity index (χ3v) is 3.51. The summed E-state index contributed by atoms with van der Waals surface area (Å²) in [4.78, 5) is 11.9. The van der Waals surface area contributed by atoms with E-state index in [1.165, 1.54) is 0 Å². The van der Waals surface area contributed by atoms with Crippen molar-refractivity contribution in [3.8, 4) is 0 Å². The summed E-state index contributed by atoms with van der Waals surface area (Å²) in [6.45, 7) is 2.12. The highest BCUT2D eigenvalue weighted by Gasteiger charge is 2.09. The fourth-order valence-electron chi connectivity index (χ4n) is 1.91. The summed E-state index contributed by atoms with van der Waals surface area (Å²) in [7, 11) is 0. The summed E-state index contributed by atoms with van der Waals surface area (Å²) in [6.07, 6.45) is 0. The summed E-state index contributed by atoms with van der Waals surface area (Å²) in [5.74, 6) is -0.0857. The fourth-order valence-corrected chi connectivity index (χ4v) is 2.22. The Morgan fingerprint density at radius 3 is 2.48 bits per heavy atom. The van der Waals surface area contributed by atoms with Crippen LogP contribution in [0.4, 0.5) is 5.69 Å². The highest BCUT2D eigenvalue weighted by Crippen LogP contribution is 2.16. The Balaban J connectivity index is 1.85. The molecule has 2 aromatic carbocycles. The zero-order valence-electron chi connectivity index (χ0n) is 11.6. The molecular weight excluding hydrogens is 307 g/mol. The van der Waals surface area contributed by atoms with Crippen molar-refractivity contribution in [1.82, 2.24) is 5.32 Å². The second kappa shape index (κ2) is 7.34. The largest absolute Gasteiger partial charge is 0.376 e. The van der Waals surface area contributed by atoms with Gasteiger partial charge in [-0.25, -0.2) is 0 Å². The number of nitrogens with one attached hydrogen (secondary N) is 2.